The van der Waals surface area contributed by atoms with E-state index in [1.54, 1.807) is 12.5 Å². The first-order chi connectivity index (χ1) is 7.86. The van der Waals surface area contributed by atoms with E-state index in [1.165, 1.54) is 15.6 Å². The third-order valence-corrected chi connectivity index (χ3v) is 3.21. The van der Waals surface area contributed by atoms with Gasteiger partial charge < -0.3 is 9.73 Å². The maximum absolute atomic E-state index is 5.00. The summed E-state index contributed by atoms with van der Waals surface area (Å²) in [7, 11) is 0. The van der Waals surface area contributed by atoms with Crippen molar-refractivity contribution in [3.05, 3.63) is 58.5 Å². The molecule has 0 amide bonds. The van der Waals surface area contributed by atoms with Gasteiger partial charge in [0.15, 0.2) is 0 Å². The van der Waals surface area contributed by atoms with E-state index >= 15 is 0 Å². The van der Waals surface area contributed by atoms with Crippen molar-refractivity contribution >= 4 is 28.3 Å². The molecule has 0 aliphatic rings. The lowest BCUT2D eigenvalue weighted by atomic mass is 10.1. The lowest BCUT2D eigenvalue weighted by Crippen LogP contribution is -2.16. The molecule has 0 radical (unpaired) electrons. The molecular formula is C13H15BrClNO. The van der Waals surface area contributed by atoms with E-state index in [0.29, 0.717) is 0 Å². The molecule has 92 valence electrons. The van der Waals surface area contributed by atoms with Gasteiger partial charge in [-0.25, -0.2) is 0 Å². The standard InChI is InChI=1S/C13H14BrNO.ClH/c14-13-4-2-1-3-12(13)5-7-15-9-11-6-8-16-10-11;/h1-4,6,8,10,15H,5,7,9H2;1H. The second kappa shape index (κ2) is 7.54. The smallest absolute Gasteiger partial charge is 0.0947 e. The number of nitrogens with one attached hydrogen (secondary N) is 1. The first-order valence-electron chi connectivity index (χ1n) is 5.31. The van der Waals surface area contributed by atoms with Crippen LogP contribution in [0.4, 0.5) is 0 Å². The van der Waals surface area contributed by atoms with Crippen LogP contribution in [0.3, 0.4) is 0 Å². The van der Waals surface area contributed by atoms with E-state index < -0.39 is 0 Å². The van der Waals surface area contributed by atoms with Crippen molar-refractivity contribution in [2.75, 3.05) is 6.54 Å². The molecule has 0 atom stereocenters. The molecule has 1 aromatic carbocycles. The Kier molecular flexibility index (Phi) is 6.34. The second-order valence-electron chi connectivity index (χ2n) is 3.65. The third kappa shape index (κ3) is 4.54. The minimum Gasteiger partial charge on any atom is -0.472 e. The van der Waals surface area contributed by atoms with Crippen LogP contribution in [-0.2, 0) is 13.0 Å². The van der Waals surface area contributed by atoms with Crippen LogP contribution >= 0.6 is 28.3 Å². The summed E-state index contributed by atoms with van der Waals surface area (Å²) in [6.07, 6.45) is 4.50. The van der Waals surface area contributed by atoms with Gasteiger partial charge in [0.2, 0.25) is 0 Å². The van der Waals surface area contributed by atoms with Crippen molar-refractivity contribution in [2.24, 2.45) is 0 Å². The lowest BCUT2D eigenvalue weighted by Gasteiger charge is -2.05. The first-order valence-corrected chi connectivity index (χ1v) is 6.11. The zero-order valence-electron chi connectivity index (χ0n) is 9.36. The molecule has 1 N–H and O–H groups in total. The van der Waals surface area contributed by atoms with Gasteiger partial charge in [0.05, 0.1) is 12.5 Å². The predicted molar refractivity (Wildman–Crippen MR) is 75.5 cm³/mol. The van der Waals surface area contributed by atoms with E-state index in [2.05, 4.69) is 39.4 Å². The Labute approximate surface area is 116 Å². The Morgan fingerprint density at radius 3 is 2.71 bits per heavy atom. The zero-order chi connectivity index (χ0) is 11.2. The van der Waals surface area contributed by atoms with Gasteiger partial charge in [0, 0.05) is 16.6 Å². The van der Waals surface area contributed by atoms with Crippen LogP contribution in [0.2, 0.25) is 0 Å². The molecule has 0 bridgehead atoms. The molecule has 2 rings (SSSR count). The largest absolute Gasteiger partial charge is 0.472 e. The van der Waals surface area contributed by atoms with Crippen molar-refractivity contribution in [1.82, 2.24) is 5.32 Å². The second-order valence-corrected chi connectivity index (χ2v) is 4.50. The van der Waals surface area contributed by atoms with Gasteiger partial charge in [-0.1, -0.05) is 34.1 Å². The molecule has 0 fully saturated rings. The average Bonchev–Trinajstić information content (AvgIpc) is 2.79. The fraction of sp³-hybridized carbons (Fsp3) is 0.231. The molecule has 1 heterocycles. The number of halogens is 2. The predicted octanol–water partition coefficient (Wildman–Crippen LogP) is 3.80. The monoisotopic (exact) mass is 315 g/mol. The van der Waals surface area contributed by atoms with Crippen molar-refractivity contribution in [3.63, 3.8) is 0 Å². The van der Waals surface area contributed by atoms with Crippen LogP contribution in [0.15, 0.2) is 51.7 Å². The Morgan fingerprint density at radius 1 is 1.18 bits per heavy atom. The summed E-state index contributed by atoms with van der Waals surface area (Å²) in [6.45, 7) is 1.83. The number of rotatable bonds is 5. The van der Waals surface area contributed by atoms with Crippen molar-refractivity contribution in [1.29, 1.82) is 0 Å². The molecule has 2 aromatic rings. The lowest BCUT2D eigenvalue weighted by molar-refractivity contribution is 0.560. The molecule has 0 unspecified atom stereocenters. The number of hydrogen-bond donors (Lipinski definition) is 1. The highest BCUT2D eigenvalue weighted by atomic mass is 79.9. The van der Waals surface area contributed by atoms with Crippen LogP contribution in [0.5, 0.6) is 0 Å². The summed E-state index contributed by atoms with van der Waals surface area (Å²) in [6, 6.07) is 10.3. The Morgan fingerprint density at radius 2 is 2.00 bits per heavy atom. The Balaban J connectivity index is 0.00000144. The summed E-state index contributed by atoms with van der Waals surface area (Å²) in [5, 5.41) is 3.38. The Bertz CT molecular complexity index is 431. The van der Waals surface area contributed by atoms with Gasteiger partial charge >= 0.3 is 0 Å². The van der Waals surface area contributed by atoms with Gasteiger partial charge in [-0.15, -0.1) is 12.4 Å². The molecule has 0 aliphatic heterocycles. The van der Waals surface area contributed by atoms with Crippen molar-refractivity contribution in [2.45, 2.75) is 13.0 Å². The quantitative estimate of drug-likeness (QED) is 0.849. The molecule has 17 heavy (non-hydrogen) atoms. The van der Waals surface area contributed by atoms with Crippen LogP contribution < -0.4 is 5.32 Å². The minimum absolute atomic E-state index is 0. The van der Waals surface area contributed by atoms with Crippen LogP contribution in [-0.4, -0.2) is 6.54 Å². The highest BCUT2D eigenvalue weighted by molar-refractivity contribution is 9.10. The summed E-state index contributed by atoms with van der Waals surface area (Å²) < 4.78 is 6.18. The van der Waals surface area contributed by atoms with Crippen LogP contribution in [0, 0.1) is 0 Å². The van der Waals surface area contributed by atoms with E-state index in [0.717, 1.165) is 19.5 Å². The SMILES string of the molecule is Brc1ccccc1CCNCc1ccoc1.Cl. The summed E-state index contributed by atoms with van der Waals surface area (Å²) in [5.74, 6) is 0. The van der Waals surface area contributed by atoms with Gasteiger partial charge in [-0.3, -0.25) is 0 Å². The van der Waals surface area contributed by atoms with Crippen molar-refractivity contribution in [3.8, 4) is 0 Å². The van der Waals surface area contributed by atoms with E-state index in [4.69, 9.17) is 4.42 Å². The molecular weight excluding hydrogens is 302 g/mol. The normalized spacial score (nSPS) is 9.94. The third-order valence-electron chi connectivity index (χ3n) is 2.44. The summed E-state index contributed by atoms with van der Waals surface area (Å²) >= 11 is 3.54. The van der Waals surface area contributed by atoms with Gasteiger partial charge in [0.1, 0.15) is 0 Å². The Hall–Kier alpha value is -0.770. The first kappa shape index (κ1) is 14.3. The van der Waals surface area contributed by atoms with E-state index in [-0.39, 0.29) is 12.4 Å². The van der Waals surface area contributed by atoms with Gasteiger partial charge in [0.25, 0.3) is 0 Å². The highest BCUT2D eigenvalue weighted by Crippen LogP contribution is 2.15. The topological polar surface area (TPSA) is 25.2 Å². The number of benzene rings is 1. The highest BCUT2D eigenvalue weighted by Gasteiger charge is 1.98. The maximum atomic E-state index is 5.00. The molecule has 0 saturated heterocycles. The van der Waals surface area contributed by atoms with E-state index in [9.17, 15) is 0 Å². The number of furan rings is 1. The van der Waals surface area contributed by atoms with Crippen molar-refractivity contribution < 1.29 is 4.42 Å². The summed E-state index contributed by atoms with van der Waals surface area (Å²) in [5.41, 5.74) is 2.52. The summed E-state index contributed by atoms with van der Waals surface area (Å²) in [4.78, 5) is 0. The molecule has 0 spiro atoms. The maximum Gasteiger partial charge on any atom is 0.0947 e. The molecule has 1 aromatic heterocycles. The minimum atomic E-state index is 0. The molecule has 0 saturated carbocycles. The molecule has 0 aliphatic carbocycles. The fourth-order valence-corrected chi connectivity index (χ4v) is 2.03. The van der Waals surface area contributed by atoms with E-state index in [1.807, 2.05) is 12.1 Å². The fourth-order valence-electron chi connectivity index (χ4n) is 1.55. The van der Waals surface area contributed by atoms with Crippen LogP contribution in [0.1, 0.15) is 11.1 Å². The van der Waals surface area contributed by atoms with Gasteiger partial charge in [-0.05, 0) is 30.7 Å². The molecule has 4 heteroatoms. The zero-order valence-corrected chi connectivity index (χ0v) is 11.8. The van der Waals surface area contributed by atoms with Crippen LogP contribution in [0.25, 0.3) is 0 Å². The average molecular weight is 317 g/mol. The van der Waals surface area contributed by atoms with Gasteiger partial charge in [-0.2, -0.15) is 0 Å². The molecule has 2 nitrogen and oxygen atoms in total. The number of hydrogen-bond acceptors (Lipinski definition) is 2.